The van der Waals surface area contributed by atoms with Gasteiger partial charge in [0.1, 0.15) is 0 Å². The second-order valence-electron chi connectivity index (χ2n) is 5.68. The zero-order valence-corrected chi connectivity index (χ0v) is 13.2. The number of aromatic nitrogens is 3. The minimum atomic E-state index is -0.118. The average Bonchev–Trinajstić information content (AvgIpc) is 3.14. The molecule has 0 atom stereocenters. The molecule has 1 fully saturated rings. The molecule has 0 radical (unpaired) electrons. The number of rotatable bonds is 4. The molecule has 7 heteroatoms. The van der Waals surface area contributed by atoms with Crippen LogP contribution in [-0.4, -0.2) is 51.0 Å². The maximum Gasteiger partial charge on any atom is 0.253 e. The predicted molar refractivity (Wildman–Crippen MR) is 88.9 cm³/mol. The number of amides is 2. The van der Waals surface area contributed by atoms with E-state index in [0.29, 0.717) is 18.7 Å². The van der Waals surface area contributed by atoms with Crippen LogP contribution in [0.2, 0.25) is 0 Å². The average molecular weight is 325 g/mol. The number of carbonyl (C=O) groups is 2. The highest BCUT2D eigenvalue weighted by Gasteiger charge is 2.23. The van der Waals surface area contributed by atoms with E-state index in [-0.39, 0.29) is 17.9 Å². The maximum absolute atomic E-state index is 12.2. The molecule has 0 aromatic carbocycles. The number of carbonyl (C=O) groups excluding carboxylic acids is 2. The third kappa shape index (κ3) is 4.07. The smallest absolute Gasteiger partial charge is 0.253 e. The van der Waals surface area contributed by atoms with E-state index in [0.717, 1.165) is 18.4 Å². The van der Waals surface area contributed by atoms with Crippen LogP contribution >= 0.6 is 0 Å². The van der Waals surface area contributed by atoms with Crippen LogP contribution in [0.4, 0.5) is 0 Å². The van der Waals surface area contributed by atoms with Gasteiger partial charge in [0, 0.05) is 49.4 Å². The molecule has 1 aliphatic heterocycles. The molecule has 3 rings (SSSR count). The summed E-state index contributed by atoms with van der Waals surface area (Å²) in [5, 5.41) is 9.53. The molecule has 0 spiro atoms. The van der Waals surface area contributed by atoms with E-state index in [1.165, 1.54) is 0 Å². The number of nitrogens with zero attached hydrogens (tertiary/aromatic N) is 3. The molecule has 24 heavy (non-hydrogen) atoms. The lowest BCUT2D eigenvalue weighted by Crippen LogP contribution is -2.46. The predicted octanol–water partition coefficient (Wildman–Crippen LogP) is 1.24. The maximum atomic E-state index is 12.2. The molecule has 1 saturated heterocycles. The van der Waals surface area contributed by atoms with Crippen molar-refractivity contribution in [3.8, 4) is 0 Å². The van der Waals surface area contributed by atoms with Gasteiger partial charge in [0.25, 0.3) is 5.91 Å². The zero-order valence-electron chi connectivity index (χ0n) is 13.2. The molecule has 2 N–H and O–H groups in total. The lowest BCUT2D eigenvalue weighted by molar-refractivity contribution is -0.126. The molecule has 124 valence electrons. The molecule has 0 unspecified atom stereocenters. The standard InChI is InChI=1S/C17H19N5O2/c23-16(4-3-13-10-19-20-11-13)22-8-5-15(6-9-22)21-17(24)14-2-1-7-18-12-14/h1-4,7,10-12,15H,5-6,8-9H2,(H,19,20)(H,21,24)/b4-3-. The molecular formula is C17H19N5O2. The van der Waals surface area contributed by atoms with Crippen LogP contribution in [0.1, 0.15) is 28.8 Å². The van der Waals surface area contributed by atoms with Crippen LogP contribution in [0, 0.1) is 0 Å². The van der Waals surface area contributed by atoms with Gasteiger partial charge in [-0.1, -0.05) is 0 Å². The molecule has 7 nitrogen and oxygen atoms in total. The van der Waals surface area contributed by atoms with Crippen LogP contribution in [-0.2, 0) is 4.79 Å². The SMILES string of the molecule is O=C(NC1CCN(C(=O)/C=C\c2cn[nH]c2)CC1)c1cccnc1. The molecule has 2 amide bonds. The second-order valence-corrected chi connectivity index (χ2v) is 5.68. The highest BCUT2D eigenvalue weighted by atomic mass is 16.2. The summed E-state index contributed by atoms with van der Waals surface area (Å²) in [5.41, 5.74) is 1.42. The largest absolute Gasteiger partial charge is 0.349 e. The van der Waals surface area contributed by atoms with Gasteiger partial charge in [0.05, 0.1) is 11.8 Å². The topological polar surface area (TPSA) is 91.0 Å². The van der Waals surface area contributed by atoms with Crippen molar-refractivity contribution in [3.05, 3.63) is 54.1 Å². The van der Waals surface area contributed by atoms with Crippen molar-refractivity contribution in [2.75, 3.05) is 13.1 Å². The number of nitrogens with one attached hydrogen (secondary N) is 2. The summed E-state index contributed by atoms with van der Waals surface area (Å²) in [6.45, 7) is 1.26. The first kappa shape index (κ1) is 15.9. The minimum Gasteiger partial charge on any atom is -0.349 e. The van der Waals surface area contributed by atoms with Crippen LogP contribution in [0.3, 0.4) is 0 Å². The number of aromatic amines is 1. The van der Waals surface area contributed by atoms with Crippen molar-refractivity contribution in [1.29, 1.82) is 0 Å². The van der Waals surface area contributed by atoms with E-state index < -0.39 is 0 Å². The van der Waals surface area contributed by atoms with E-state index in [1.54, 1.807) is 54.0 Å². The molecule has 0 bridgehead atoms. The Hall–Kier alpha value is -2.96. The second kappa shape index (κ2) is 7.54. The van der Waals surface area contributed by atoms with Crippen molar-refractivity contribution in [2.45, 2.75) is 18.9 Å². The van der Waals surface area contributed by atoms with Crippen LogP contribution in [0.5, 0.6) is 0 Å². The van der Waals surface area contributed by atoms with Gasteiger partial charge in [-0.15, -0.1) is 0 Å². The van der Waals surface area contributed by atoms with E-state index in [1.807, 2.05) is 0 Å². The molecule has 0 aliphatic carbocycles. The van der Waals surface area contributed by atoms with Crippen molar-refractivity contribution >= 4 is 17.9 Å². The summed E-state index contributed by atoms with van der Waals surface area (Å²) in [4.78, 5) is 30.0. The zero-order chi connectivity index (χ0) is 16.8. The van der Waals surface area contributed by atoms with Crippen LogP contribution < -0.4 is 5.32 Å². The monoisotopic (exact) mass is 325 g/mol. The van der Waals surface area contributed by atoms with Crippen LogP contribution in [0.25, 0.3) is 6.08 Å². The quantitative estimate of drug-likeness (QED) is 0.828. The summed E-state index contributed by atoms with van der Waals surface area (Å²) in [5.74, 6) is -0.138. The van der Waals surface area contributed by atoms with Gasteiger partial charge in [-0.25, -0.2) is 0 Å². The minimum absolute atomic E-state index is 0.0202. The summed E-state index contributed by atoms with van der Waals surface area (Å²) >= 11 is 0. The first-order chi connectivity index (χ1) is 11.7. The van der Waals surface area contributed by atoms with Gasteiger partial charge in [-0.3, -0.25) is 19.7 Å². The molecule has 3 heterocycles. The molecule has 1 aliphatic rings. The third-order valence-electron chi connectivity index (χ3n) is 4.00. The Labute approximate surface area is 139 Å². The number of likely N-dealkylation sites (tertiary alicyclic amines) is 1. The first-order valence-corrected chi connectivity index (χ1v) is 7.89. The van der Waals surface area contributed by atoms with Crippen molar-refractivity contribution in [1.82, 2.24) is 25.4 Å². The number of H-pyrrole nitrogens is 1. The van der Waals surface area contributed by atoms with Crippen molar-refractivity contribution in [3.63, 3.8) is 0 Å². The highest BCUT2D eigenvalue weighted by Crippen LogP contribution is 2.12. The number of piperidine rings is 1. The van der Waals surface area contributed by atoms with Gasteiger partial charge in [0.2, 0.25) is 5.91 Å². The van der Waals surface area contributed by atoms with Gasteiger partial charge in [-0.2, -0.15) is 5.10 Å². The van der Waals surface area contributed by atoms with Gasteiger partial charge >= 0.3 is 0 Å². The number of hydrogen-bond acceptors (Lipinski definition) is 4. The summed E-state index contributed by atoms with van der Waals surface area (Å²) < 4.78 is 0. The Bertz CT molecular complexity index is 704. The van der Waals surface area contributed by atoms with E-state index >= 15 is 0 Å². The Morgan fingerprint density at radius 2 is 2.12 bits per heavy atom. The Morgan fingerprint density at radius 1 is 1.29 bits per heavy atom. The first-order valence-electron chi connectivity index (χ1n) is 7.89. The summed E-state index contributed by atoms with van der Waals surface area (Å²) in [6.07, 6.45) is 11.4. The number of pyridine rings is 1. The number of hydrogen-bond donors (Lipinski definition) is 2. The molecule has 2 aromatic heterocycles. The Balaban J connectivity index is 1.47. The Kier molecular flexibility index (Phi) is 5.00. The third-order valence-corrected chi connectivity index (χ3v) is 4.00. The van der Waals surface area contributed by atoms with E-state index in [2.05, 4.69) is 20.5 Å². The van der Waals surface area contributed by atoms with E-state index in [4.69, 9.17) is 0 Å². The Morgan fingerprint density at radius 3 is 2.79 bits per heavy atom. The lowest BCUT2D eigenvalue weighted by Gasteiger charge is -2.31. The normalized spacial score (nSPS) is 15.6. The van der Waals surface area contributed by atoms with Gasteiger partial charge in [0.15, 0.2) is 0 Å². The molecule has 2 aromatic rings. The van der Waals surface area contributed by atoms with Crippen LogP contribution in [0.15, 0.2) is 43.0 Å². The molecule has 0 saturated carbocycles. The van der Waals surface area contributed by atoms with Crippen molar-refractivity contribution in [2.24, 2.45) is 0 Å². The van der Waals surface area contributed by atoms with Gasteiger partial charge < -0.3 is 10.2 Å². The fourth-order valence-corrected chi connectivity index (χ4v) is 2.63. The lowest BCUT2D eigenvalue weighted by atomic mass is 10.0. The van der Waals surface area contributed by atoms with Crippen molar-refractivity contribution < 1.29 is 9.59 Å². The summed E-state index contributed by atoms with van der Waals surface area (Å²) in [7, 11) is 0. The summed E-state index contributed by atoms with van der Waals surface area (Å²) in [6, 6.07) is 3.56. The highest BCUT2D eigenvalue weighted by molar-refractivity contribution is 5.94. The fourth-order valence-electron chi connectivity index (χ4n) is 2.63. The molecular weight excluding hydrogens is 306 g/mol. The van der Waals surface area contributed by atoms with E-state index in [9.17, 15) is 9.59 Å². The van der Waals surface area contributed by atoms with Gasteiger partial charge in [-0.05, 0) is 31.1 Å². The fraction of sp³-hybridized carbons (Fsp3) is 0.294.